The summed E-state index contributed by atoms with van der Waals surface area (Å²) >= 11 is 12.1. The molecule has 0 aliphatic heterocycles. The van der Waals surface area contributed by atoms with Gasteiger partial charge in [0.15, 0.2) is 6.10 Å². The molecule has 3 N–H and O–H groups in total. The van der Waals surface area contributed by atoms with Crippen molar-refractivity contribution in [1.82, 2.24) is 10.7 Å². The first-order valence-electron chi connectivity index (χ1n) is 11.8. The molecule has 0 spiro atoms. The predicted octanol–water partition coefficient (Wildman–Crippen LogP) is 5.50. The third kappa shape index (κ3) is 6.82. The van der Waals surface area contributed by atoms with Crippen molar-refractivity contribution in [2.45, 2.75) is 25.5 Å². The summed E-state index contributed by atoms with van der Waals surface area (Å²) in [5.74, 6) is -0.720. The van der Waals surface area contributed by atoms with Gasteiger partial charge in [-0.3, -0.25) is 9.59 Å². The van der Waals surface area contributed by atoms with E-state index in [4.69, 9.17) is 27.9 Å². The second kappa shape index (κ2) is 12.4. The Hall–Kier alpha value is -4.07. The van der Waals surface area contributed by atoms with Crippen molar-refractivity contribution >= 4 is 52.0 Å². The van der Waals surface area contributed by atoms with E-state index in [1.165, 1.54) is 12.3 Å². The zero-order valence-corrected chi connectivity index (χ0v) is 21.9. The van der Waals surface area contributed by atoms with Crippen molar-refractivity contribution in [3.05, 3.63) is 106 Å². The molecule has 2 atom stereocenters. The SMILES string of the molecule is C[C@H](Oc1ccc(Cl)cc1Cl)C(=O)N[C@H](Cc1ccccc1)C(=O)N/N=C\c1c(O)ccc2ccccc12. The first kappa shape index (κ1) is 27.0. The molecule has 4 aromatic carbocycles. The number of ether oxygens (including phenoxy) is 1. The second-order valence-corrected chi connectivity index (χ2v) is 9.38. The van der Waals surface area contributed by atoms with E-state index in [9.17, 15) is 14.7 Å². The summed E-state index contributed by atoms with van der Waals surface area (Å²) in [6, 6.07) is 23.9. The first-order valence-corrected chi connectivity index (χ1v) is 12.6. The monoisotopic (exact) mass is 549 g/mol. The number of amides is 2. The fourth-order valence-electron chi connectivity index (χ4n) is 3.82. The van der Waals surface area contributed by atoms with Gasteiger partial charge in [-0.1, -0.05) is 83.9 Å². The third-order valence-corrected chi connectivity index (χ3v) is 6.33. The molecular weight excluding hydrogens is 525 g/mol. The summed E-state index contributed by atoms with van der Waals surface area (Å²) < 4.78 is 5.69. The van der Waals surface area contributed by atoms with Gasteiger partial charge >= 0.3 is 0 Å². The highest BCUT2D eigenvalue weighted by molar-refractivity contribution is 6.35. The Bertz CT molecular complexity index is 1480. The quantitative estimate of drug-likeness (QED) is 0.189. The minimum absolute atomic E-state index is 0.0303. The lowest BCUT2D eigenvalue weighted by atomic mass is 10.0. The average molecular weight is 550 g/mol. The summed E-state index contributed by atoms with van der Waals surface area (Å²) in [7, 11) is 0. The summed E-state index contributed by atoms with van der Waals surface area (Å²) in [5.41, 5.74) is 3.79. The van der Waals surface area contributed by atoms with Crippen molar-refractivity contribution in [3.63, 3.8) is 0 Å². The number of fused-ring (bicyclic) bond motifs is 1. The number of hydrazone groups is 1. The molecule has 194 valence electrons. The van der Waals surface area contributed by atoms with E-state index in [1.807, 2.05) is 54.6 Å². The molecule has 0 unspecified atom stereocenters. The molecule has 2 amide bonds. The fraction of sp³-hybridized carbons (Fsp3) is 0.138. The minimum Gasteiger partial charge on any atom is -0.507 e. The number of phenolic OH excluding ortho intramolecular Hbond substituents is 1. The molecule has 4 aromatic rings. The standard InChI is InChI=1S/C29H25Cl2N3O4/c1-18(38-27-14-12-21(30)16-24(27)31)28(36)33-25(15-19-7-3-2-4-8-19)29(37)34-32-17-23-22-10-6-5-9-20(22)11-13-26(23)35/h2-14,16-18,25,35H,15H2,1H3,(H,33,36)(H,34,37)/b32-17-/t18-,25+/m0/s1. The molecule has 9 heteroatoms. The highest BCUT2D eigenvalue weighted by Crippen LogP contribution is 2.28. The number of rotatable bonds is 9. The molecule has 0 fully saturated rings. The average Bonchev–Trinajstić information content (AvgIpc) is 2.91. The van der Waals surface area contributed by atoms with E-state index < -0.39 is 24.0 Å². The molecule has 0 radical (unpaired) electrons. The maximum atomic E-state index is 13.1. The van der Waals surface area contributed by atoms with Gasteiger partial charge in [0.1, 0.15) is 17.5 Å². The van der Waals surface area contributed by atoms with Crippen LogP contribution in [-0.2, 0) is 16.0 Å². The number of carbonyl (C=O) groups excluding carboxylic acids is 2. The molecule has 0 saturated heterocycles. The van der Waals surface area contributed by atoms with Gasteiger partial charge in [0, 0.05) is 17.0 Å². The van der Waals surface area contributed by atoms with Crippen LogP contribution in [0.1, 0.15) is 18.1 Å². The van der Waals surface area contributed by atoms with Crippen molar-refractivity contribution in [2.75, 3.05) is 0 Å². The van der Waals surface area contributed by atoms with E-state index in [0.717, 1.165) is 16.3 Å². The Morgan fingerprint density at radius 3 is 2.47 bits per heavy atom. The Labute approximate surface area is 230 Å². The van der Waals surface area contributed by atoms with Crippen LogP contribution >= 0.6 is 23.2 Å². The lowest BCUT2D eigenvalue weighted by molar-refractivity contribution is -0.132. The number of halogens is 2. The summed E-state index contributed by atoms with van der Waals surface area (Å²) in [6.07, 6.45) is 0.656. The van der Waals surface area contributed by atoms with Gasteiger partial charge in [-0.2, -0.15) is 5.10 Å². The molecule has 4 rings (SSSR count). The smallest absolute Gasteiger partial charge is 0.262 e. The van der Waals surface area contributed by atoms with E-state index in [2.05, 4.69) is 15.8 Å². The number of carbonyl (C=O) groups is 2. The highest BCUT2D eigenvalue weighted by Gasteiger charge is 2.25. The summed E-state index contributed by atoms with van der Waals surface area (Å²) in [6.45, 7) is 1.55. The van der Waals surface area contributed by atoms with Crippen LogP contribution in [0.2, 0.25) is 10.0 Å². The molecule has 0 aliphatic rings. The lowest BCUT2D eigenvalue weighted by Gasteiger charge is -2.21. The number of phenols is 1. The van der Waals surface area contributed by atoms with Crippen molar-refractivity contribution in [2.24, 2.45) is 5.10 Å². The number of hydrogen-bond acceptors (Lipinski definition) is 5. The Morgan fingerprint density at radius 1 is 0.974 bits per heavy atom. The van der Waals surface area contributed by atoms with Gasteiger partial charge in [0.25, 0.3) is 11.8 Å². The number of nitrogens with one attached hydrogen (secondary N) is 2. The normalized spacial score (nSPS) is 12.7. The predicted molar refractivity (Wildman–Crippen MR) is 150 cm³/mol. The van der Waals surface area contributed by atoms with Crippen LogP contribution in [0, 0.1) is 0 Å². The molecule has 0 heterocycles. The summed E-state index contributed by atoms with van der Waals surface area (Å²) in [4.78, 5) is 26.1. The minimum atomic E-state index is -0.949. The first-order chi connectivity index (χ1) is 18.3. The molecular formula is C29H25Cl2N3O4. The van der Waals surface area contributed by atoms with Crippen LogP contribution in [0.25, 0.3) is 10.8 Å². The van der Waals surface area contributed by atoms with Gasteiger partial charge in [0.05, 0.1) is 11.2 Å². The Kier molecular flexibility index (Phi) is 8.84. The van der Waals surface area contributed by atoms with E-state index in [1.54, 1.807) is 31.2 Å². The number of aromatic hydroxyl groups is 1. The van der Waals surface area contributed by atoms with Gasteiger partial charge in [-0.25, -0.2) is 5.43 Å². The lowest BCUT2D eigenvalue weighted by Crippen LogP contribution is -2.50. The largest absolute Gasteiger partial charge is 0.507 e. The third-order valence-electron chi connectivity index (χ3n) is 5.80. The van der Waals surface area contributed by atoms with Gasteiger partial charge in [-0.05, 0) is 47.5 Å². The van der Waals surface area contributed by atoms with Gasteiger partial charge < -0.3 is 15.2 Å². The van der Waals surface area contributed by atoms with Crippen LogP contribution in [-0.4, -0.2) is 35.3 Å². The van der Waals surface area contributed by atoms with E-state index in [-0.39, 0.29) is 17.2 Å². The zero-order chi connectivity index (χ0) is 27.1. The van der Waals surface area contributed by atoms with Gasteiger partial charge in [-0.15, -0.1) is 0 Å². The molecule has 0 aliphatic carbocycles. The molecule has 0 saturated carbocycles. The molecule has 7 nitrogen and oxygen atoms in total. The summed E-state index contributed by atoms with van der Waals surface area (Å²) in [5, 5.41) is 19.5. The zero-order valence-electron chi connectivity index (χ0n) is 20.4. The van der Waals surface area contributed by atoms with E-state index >= 15 is 0 Å². The van der Waals surface area contributed by atoms with Crippen molar-refractivity contribution in [1.29, 1.82) is 0 Å². The maximum absolute atomic E-state index is 13.1. The molecule has 38 heavy (non-hydrogen) atoms. The van der Waals surface area contributed by atoms with Crippen LogP contribution < -0.4 is 15.5 Å². The van der Waals surface area contributed by atoms with Crippen molar-refractivity contribution < 1.29 is 19.4 Å². The number of hydrogen-bond donors (Lipinski definition) is 3. The Morgan fingerprint density at radius 2 is 1.71 bits per heavy atom. The second-order valence-electron chi connectivity index (χ2n) is 8.54. The van der Waals surface area contributed by atoms with Crippen LogP contribution in [0.3, 0.4) is 0 Å². The fourth-order valence-corrected chi connectivity index (χ4v) is 4.27. The molecule has 0 aromatic heterocycles. The maximum Gasteiger partial charge on any atom is 0.262 e. The van der Waals surface area contributed by atoms with E-state index in [0.29, 0.717) is 16.3 Å². The number of benzene rings is 4. The topological polar surface area (TPSA) is 100 Å². The molecule has 0 bridgehead atoms. The number of nitrogens with zero attached hydrogens (tertiary/aromatic N) is 1. The van der Waals surface area contributed by atoms with Crippen LogP contribution in [0.5, 0.6) is 11.5 Å². The highest BCUT2D eigenvalue weighted by atomic mass is 35.5. The van der Waals surface area contributed by atoms with Crippen LogP contribution in [0.15, 0.2) is 90.0 Å². The van der Waals surface area contributed by atoms with Crippen molar-refractivity contribution in [3.8, 4) is 11.5 Å². The Balaban J connectivity index is 1.48. The van der Waals surface area contributed by atoms with Crippen LogP contribution in [0.4, 0.5) is 0 Å². The van der Waals surface area contributed by atoms with Gasteiger partial charge in [0.2, 0.25) is 0 Å².